The summed E-state index contributed by atoms with van der Waals surface area (Å²) in [5, 5.41) is 2.64. The number of rotatable bonds is 6. The summed E-state index contributed by atoms with van der Waals surface area (Å²) in [7, 11) is 1.59. The van der Waals surface area contributed by atoms with Crippen LogP contribution < -0.4 is 5.32 Å². The number of nitrogens with zero attached hydrogens (tertiary/aromatic N) is 3. The molecule has 0 spiro atoms. The third kappa shape index (κ3) is 4.13. The molecular weight excluding hydrogens is 376 g/mol. The second-order valence-electron chi connectivity index (χ2n) is 7.57. The van der Waals surface area contributed by atoms with Gasteiger partial charge in [-0.2, -0.15) is 0 Å². The van der Waals surface area contributed by atoms with E-state index in [0.29, 0.717) is 11.5 Å². The van der Waals surface area contributed by atoms with Crippen LogP contribution in [-0.2, 0) is 4.79 Å². The van der Waals surface area contributed by atoms with E-state index < -0.39 is 0 Å². The zero-order valence-corrected chi connectivity index (χ0v) is 17.1. The number of hydrogen-bond acceptors (Lipinski definition) is 3. The number of likely N-dealkylation sites (N-methyl/N-ethyl adjacent to an activating group) is 1. The van der Waals surface area contributed by atoms with E-state index in [1.807, 2.05) is 65.2 Å². The maximum Gasteiger partial charge on any atom is 0.274 e. The molecule has 1 heterocycles. The molecule has 1 fully saturated rings. The van der Waals surface area contributed by atoms with Crippen LogP contribution in [0.15, 0.2) is 66.9 Å². The van der Waals surface area contributed by atoms with Crippen molar-refractivity contribution in [3.63, 3.8) is 0 Å². The number of amides is 2. The Morgan fingerprint density at radius 2 is 1.70 bits per heavy atom. The van der Waals surface area contributed by atoms with Gasteiger partial charge in [0.15, 0.2) is 0 Å². The van der Waals surface area contributed by atoms with Crippen molar-refractivity contribution in [1.29, 1.82) is 0 Å². The molecule has 0 radical (unpaired) electrons. The summed E-state index contributed by atoms with van der Waals surface area (Å²) in [4.78, 5) is 32.0. The van der Waals surface area contributed by atoms with Crippen LogP contribution >= 0.6 is 0 Å². The average Bonchev–Trinajstić information content (AvgIpc) is 3.48. The van der Waals surface area contributed by atoms with E-state index in [1.165, 1.54) is 0 Å². The lowest BCUT2D eigenvalue weighted by atomic mass is 10.2. The van der Waals surface area contributed by atoms with E-state index in [-0.39, 0.29) is 25.8 Å². The molecule has 156 valence electrons. The Morgan fingerprint density at radius 3 is 2.33 bits per heavy atom. The molecular formula is C24H28N4O2. The van der Waals surface area contributed by atoms with Crippen LogP contribution in [0.4, 0.5) is 0 Å². The minimum atomic E-state index is -0.197. The summed E-state index contributed by atoms with van der Waals surface area (Å²) < 4.78 is 1.94. The Balaban J connectivity index is 0.00000272. The van der Waals surface area contributed by atoms with Crippen molar-refractivity contribution in [3.05, 3.63) is 72.6 Å². The standard InChI is InChI=1S/C24H26N4O2.H2/c1-25-22(29)17-28(20-14-8-9-15-20)24(30)21-16-27(19-12-6-3-7-13-19)23(26-21)18-10-4-2-5-11-18;/h2-7,10-13,16,20H,8-9,14-15,17H2,1H3,(H,25,29);1H. The molecule has 30 heavy (non-hydrogen) atoms. The Labute approximate surface area is 178 Å². The summed E-state index contributed by atoms with van der Waals surface area (Å²) in [6.45, 7) is 0.0544. The first kappa shape index (κ1) is 19.9. The number of para-hydroxylation sites is 1. The highest BCUT2D eigenvalue weighted by Gasteiger charge is 2.31. The fourth-order valence-corrected chi connectivity index (χ4v) is 4.02. The van der Waals surface area contributed by atoms with Gasteiger partial charge in [-0.25, -0.2) is 4.98 Å². The molecule has 1 aromatic heterocycles. The van der Waals surface area contributed by atoms with Gasteiger partial charge in [-0.1, -0.05) is 61.4 Å². The van der Waals surface area contributed by atoms with Gasteiger partial charge in [0.25, 0.3) is 5.91 Å². The van der Waals surface area contributed by atoms with Crippen LogP contribution in [0.2, 0.25) is 0 Å². The van der Waals surface area contributed by atoms with Crippen LogP contribution in [0.1, 0.15) is 37.6 Å². The molecule has 0 unspecified atom stereocenters. The van der Waals surface area contributed by atoms with Crippen LogP contribution in [0.25, 0.3) is 17.1 Å². The van der Waals surface area contributed by atoms with E-state index in [4.69, 9.17) is 4.98 Å². The van der Waals surface area contributed by atoms with Gasteiger partial charge in [-0.15, -0.1) is 0 Å². The second-order valence-corrected chi connectivity index (χ2v) is 7.57. The molecule has 1 aliphatic rings. The van der Waals surface area contributed by atoms with E-state index in [0.717, 1.165) is 36.9 Å². The number of benzene rings is 2. The predicted molar refractivity (Wildman–Crippen MR) is 118 cm³/mol. The smallest absolute Gasteiger partial charge is 0.274 e. The monoisotopic (exact) mass is 404 g/mol. The van der Waals surface area contributed by atoms with Gasteiger partial charge in [0.1, 0.15) is 18.1 Å². The lowest BCUT2D eigenvalue weighted by molar-refractivity contribution is -0.121. The summed E-state index contributed by atoms with van der Waals surface area (Å²) in [5.74, 6) is 0.342. The molecule has 3 aromatic rings. The average molecular weight is 405 g/mol. The molecule has 6 heteroatoms. The maximum absolute atomic E-state index is 13.5. The molecule has 0 bridgehead atoms. The van der Waals surface area contributed by atoms with Crippen molar-refractivity contribution < 1.29 is 11.0 Å². The molecule has 0 atom stereocenters. The van der Waals surface area contributed by atoms with Gasteiger partial charge in [0.2, 0.25) is 5.91 Å². The number of imidazole rings is 1. The number of nitrogens with one attached hydrogen (secondary N) is 1. The SMILES string of the molecule is CNC(=O)CN(C(=O)c1cn(-c2ccccc2)c(-c2ccccc2)n1)C1CCCC1.[HH]. The first-order valence-corrected chi connectivity index (χ1v) is 10.4. The van der Waals surface area contributed by atoms with E-state index in [9.17, 15) is 9.59 Å². The summed E-state index contributed by atoms with van der Waals surface area (Å²) in [5.41, 5.74) is 2.22. The Morgan fingerprint density at radius 1 is 1.07 bits per heavy atom. The normalized spacial score (nSPS) is 13.9. The molecule has 2 amide bonds. The molecule has 1 aliphatic carbocycles. The summed E-state index contributed by atoms with van der Waals surface area (Å²) in [6.07, 6.45) is 5.79. The molecule has 0 saturated heterocycles. The minimum absolute atomic E-state index is 0. The molecule has 0 aliphatic heterocycles. The molecule has 2 aromatic carbocycles. The van der Waals surface area contributed by atoms with Gasteiger partial charge in [0, 0.05) is 32.0 Å². The Kier molecular flexibility index (Phi) is 5.93. The molecule has 4 rings (SSSR count). The highest BCUT2D eigenvalue weighted by Crippen LogP contribution is 2.27. The minimum Gasteiger partial charge on any atom is -0.358 e. The van der Waals surface area contributed by atoms with Crippen molar-refractivity contribution in [3.8, 4) is 17.1 Å². The third-order valence-corrected chi connectivity index (χ3v) is 5.61. The Hall–Kier alpha value is -3.41. The summed E-state index contributed by atoms with van der Waals surface area (Å²) in [6, 6.07) is 19.8. The lowest BCUT2D eigenvalue weighted by Crippen LogP contribution is -2.45. The van der Waals surface area contributed by atoms with Crippen LogP contribution in [0.5, 0.6) is 0 Å². The quantitative estimate of drug-likeness (QED) is 0.677. The first-order chi connectivity index (χ1) is 14.7. The van der Waals surface area contributed by atoms with Gasteiger partial charge in [-0.3, -0.25) is 14.2 Å². The lowest BCUT2D eigenvalue weighted by Gasteiger charge is -2.27. The van der Waals surface area contributed by atoms with E-state index >= 15 is 0 Å². The molecule has 6 nitrogen and oxygen atoms in total. The highest BCUT2D eigenvalue weighted by molar-refractivity contribution is 5.95. The topological polar surface area (TPSA) is 67.2 Å². The Bertz CT molecular complexity index is 958. The van der Waals surface area contributed by atoms with E-state index in [1.54, 1.807) is 18.1 Å². The fourth-order valence-electron chi connectivity index (χ4n) is 4.02. The molecule has 1 saturated carbocycles. The number of carbonyl (C=O) groups is 2. The number of carbonyl (C=O) groups excluding carboxylic acids is 2. The first-order valence-electron chi connectivity index (χ1n) is 10.4. The van der Waals surface area contributed by atoms with Gasteiger partial charge < -0.3 is 10.2 Å². The van der Waals surface area contributed by atoms with Gasteiger partial charge in [-0.05, 0) is 25.0 Å². The van der Waals surface area contributed by atoms with Crippen molar-refractivity contribution in [1.82, 2.24) is 19.8 Å². The summed E-state index contributed by atoms with van der Waals surface area (Å²) >= 11 is 0. The number of hydrogen-bond donors (Lipinski definition) is 1. The van der Waals surface area contributed by atoms with Crippen LogP contribution in [-0.4, -0.2) is 45.9 Å². The molecule has 1 N–H and O–H groups in total. The van der Waals surface area contributed by atoms with Crippen molar-refractivity contribution in [2.45, 2.75) is 31.7 Å². The maximum atomic E-state index is 13.5. The largest absolute Gasteiger partial charge is 0.358 e. The zero-order valence-electron chi connectivity index (χ0n) is 17.1. The van der Waals surface area contributed by atoms with Gasteiger partial charge in [0.05, 0.1) is 0 Å². The zero-order chi connectivity index (χ0) is 20.9. The number of aromatic nitrogens is 2. The third-order valence-electron chi connectivity index (χ3n) is 5.61. The van der Waals surface area contributed by atoms with Crippen LogP contribution in [0, 0.1) is 0 Å². The van der Waals surface area contributed by atoms with Gasteiger partial charge >= 0.3 is 0 Å². The van der Waals surface area contributed by atoms with E-state index in [2.05, 4.69) is 5.32 Å². The second kappa shape index (κ2) is 8.95. The van der Waals surface area contributed by atoms with Crippen LogP contribution in [0.3, 0.4) is 0 Å². The van der Waals surface area contributed by atoms with Crippen molar-refractivity contribution >= 4 is 11.8 Å². The predicted octanol–water partition coefficient (Wildman–Crippen LogP) is 3.92. The van der Waals surface area contributed by atoms with Crippen molar-refractivity contribution in [2.24, 2.45) is 0 Å². The fraction of sp³-hybridized carbons (Fsp3) is 0.292. The highest BCUT2D eigenvalue weighted by atomic mass is 16.2. The van der Waals surface area contributed by atoms with Crippen molar-refractivity contribution in [2.75, 3.05) is 13.6 Å².